The van der Waals surface area contributed by atoms with Crippen LogP contribution in [0.3, 0.4) is 0 Å². The highest BCUT2D eigenvalue weighted by Crippen LogP contribution is 2.26. The number of para-hydroxylation sites is 1. The van der Waals surface area contributed by atoms with Crippen molar-refractivity contribution in [2.75, 3.05) is 30.4 Å². The number of benzene rings is 2. The van der Waals surface area contributed by atoms with E-state index in [9.17, 15) is 4.39 Å². The van der Waals surface area contributed by atoms with Gasteiger partial charge in [-0.2, -0.15) is 4.98 Å². The van der Waals surface area contributed by atoms with Gasteiger partial charge in [0.1, 0.15) is 11.6 Å². The average molecular weight is 368 g/mol. The molecule has 1 aromatic heterocycles. The van der Waals surface area contributed by atoms with E-state index in [-0.39, 0.29) is 11.9 Å². The Hall–Kier alpha value is -3.09. The number of hydrogen-bond donors (Lipinski definition) is 1. The first-order chi connectivity index (χ1) is 13.2. The lowest BCUT2D eigenvalue weighted by Gasteiger charge is -2.31. The Balaban J connectivity index is 1.39. The monoisotopic (exact) mass is 368 g/mol. The molecule has 0 radical (unpaired) electrons. The summed E-state index contributed by atoms with van der Waals surface area (Å²) in [7, 11) is 1.63. The maximum absolute atomic E-state index is 13.8. The van der Waals surface area contributed by atoms with Crippen LogP contribution < -0.4 is 15.0 Å². The summed E-state index contributed by atoms with van der Waals surface area (Å²) in [5, 5.41) is 7.37. The van der Waals surface area contributed by atoms with E-state index in [4.69, 9.17) is 9.26 Å². The second-order valence-electron chi connectivity index (χ2n) is 6.52. The molecule has 2 aromatic carbocycles. The largest absolute Gasteiger partial charge is 0.497 e. The summed E-state index contributed by atoms with van der Waals surface area (Å²) in [6.07, 6.45) is 1.73. The van der Waals surface area contributed by atoms with Gasteiger partial charge >= 0.3 is 6.01 Å². The number of methoxy groups -OCH3 is 1. The number of anilines is 2. The maximum Gasteiger partial charge on any atom is 0.324 e. The third-order valence-electron chi connectivity index (χ3n) is 4.74. The first-order valence-electron chi connectivity index (χ1n) is 8.97. The van der Waals surface area contributed by atoms with Crippen molar-refractivity contribution in [3.05, 3.63) is 54.3 Å². The highest BCUT2D eigenvalue weighted by atomic mass is 19.1. The number of rotatable bonds is 5. The normalized spacial score (nSPS) is 15.0. The summed E-state index contributed by atoms with van der Waals surface area (Å²) in [4.78, 5) is 6.58. The number of nitrogens with zero attached hydrogens (tertiary/aromatic N) is 3. The molecule has 0 spiro atoms. The van der Waals surface area contributed by atoms with Crippen LogP contribution in [0.25, 0.3) is 11.4 Å². The molecule has 0 atom stereocenters. The lowest BCUT2D eigenvalue weighted by molar-refractivity contribution is 0.397. The molecule has 0 aliphatic carbocycles. The van der Waals surface area contributed by atoms with Gasteiger partial charge in [0.2, 0.25) is 5.82 Å². The summed E-state index contributed by atoms with van der Waals surface area (Å²) >= 11 is 0. The van der Waals surface area contributed by atoms with Gasteiger partial charge in [0.25, 0.3) is 0 Å². The predicted octanol–water partition coefficient (Wildman–Crippen LogP) is 3.97. The Labute approximate surface area is 157 Å². The van der Waals surface area contributed by atoms with Crippen LogP contribution in [-0.2, 0) is 0 Å². The first kappa shape index (κ1) is 17.3. The van der Waals surface area contributed by atoms with Crippen molar-refractivity contribution in [1.82, 2.24) is 10.1 Å². The van der Waals surface area contributed by atoms with Crippen LogP contribution in [-0.4, -0.2) is 36.4 Å². The Bertz CT molecular complexity index is 906. The minimum atomic E-state index is -0.222. The fraction of sp³-hybridized carbons (Fsp3) is 0.300. The molecule has 0 bridgehead atoms. The molecular weight excluding hydrogens is 347 g/mol. The van der Waals surface area contributed by atoms with E-state index in [0.29, 0.717) is 17.5 Å². The van der Waals surface area contributed by atoms with Crippen LogP contribution >= 0.6 is 0 Å². The molecule has 27 heavy (non-hydrogen) atoms. The highest BCUT2D eigenvalue weighted by molar-refractivity contribution is 5.58. The van der Waals surface area contributed by atoms with Crippen molar-refractivity contribution in [1.29, 1.82) is 0 Å². The van der Waals surface area contributed by atoms with Crippen molar-refractivity contribution >= 4 is 11.7 Å². The Morgan fingerprint density at radius 2 is 1.96 bits per heavy atom. The van der Waals surface area contributed by atoms with Gasteiger partial charge in [-0.25, -0.2) is 4.39 Å². The third-order valence-corrected chi connectivity index (χ3v) is 4.74. The number of nitrogens with one attached hydrogen (secondary N) is 1. The number of piperidine rings is 1. The molecule has 1 fully saturated rings. The van der Waals surface area contributed by atoms with Gasteiger partial charge in [-0.1, -0.05) is 29.4 Å². The van der Waals surface area contributed by atoms with Gasteiger partial charge in [0.15, 0.2) is 0 Å². The fourth-order valence-corrected chi connectivity index (χ4v) is 3.24. The van der Waals surface area contributed by atoms with Gasteiger partial charge in [-0.05, 0) is 37.1 Å². The second kappa shape index (κ2) is 7.65. The number of ether oxygens (including phenoxy) is 1. The standard InChI is InChI=1S/C20H21FN4O2/c1-26-16-6-4-5-14(13-16)19-23-20(27-24-19)25-11-9-15(10-12-25)22-18-8-3-2-7-17(18)21/h2-8,13,15,22H,9-12H2,1H3. The van der Waals surface area contributed by atoms with Gasteiger partial charge < -0.3 is 19.5 Å². The van der Waals surface area contributed by atoms with E-state index >= 15 is 0 Å². The predicted molar refractivity (Wildman–Crippen MR) is 102 cm³/mol. The number of aromatic nitrogens is 2. The molecule has 0 unspecified atom stereocenters. The molecule has 1 aliphatic rings. The van der Waals surface area contributed by atoms with Gasteiger partial charge in [-0.15, -0.1) is 0 Å². The molecule has 3 aromatic rings. The molecule has 4 rings (SSSR count). The van der Waals surface area contributed by atoms with Crippen molar-refractivity contribution in [3.63, 3.8) is 0 Å². The Morgan fingerprint density at radius 3 is 2.74 bits per heavy atom. The SMILES string of the molecule is COc1cccc(-c2noc(N3CCC(Nc4ccccc4F)CC3)n2)c1. The van der Waals surface area contributed by atoms with Gasteiger partial charge in [0, 0.05) is 24.7 Å². The molecule has 1 aliphatic heterocycles. The van der Waals surface area contributed by atoms with Crippen molar-refractivity contribution < 1.29 is 13.7 Å². The molecule has 1 saturated heterocycles. The zero-order chi connectivity index (χ0) is 18.6. The van der Waals surface area contributed by atoms with E-state index in [1.807, 2.05) is 30.3 Å². The van der Waals surface area contributed by atoms with Crippen LogP contribution in [0.2, 0.25) is 0 Å². The highest BCUT2D eigenvalue weighted by Gasteiger charge is 2.24. The molecule has 2 heterocycles. The van der Waals surface area contributed by atoms with Crippen LogP contribution in [0.1, 0.15) is 12.8 Å². The third kappa shape index (κ3) is 3.86. The summed E-state index contributed by atoms with van der Waals surface area (Å²) in [5.74, 6) is 1.06. The first-order valence-corrected chi connectivity index (χ1v) is 8.97. The van der Waals surface area contributed by atoms with Crippen molar-refractivity contribution in [3.8, 4) is 17.1 Å². The quantitative estimate of drug-likeness (QED) is 0.735. The van der Waals surface area contributed by atoms with Crippen LogP contribution in [0.15, 0.2) is 53.1 Å². The molecule has 140 valence electrons. The minimum Gasteiger partial charge on any atom is -0.497 e. The molecule has 6 nitrogen and oxygen atoms in total. The summed E-state index contributed by atoms with van der Waals surface area (Å²) in [6, 6.07) is 15.0. The van der Waals surface area contributed by atoms with Gasteiger partial charge in [-0.3, -0.25) is 0 Å². The van der Waals surface area contributed by atoms with Crippen molar-refractivity contribution in [2.24, 2.45) is 0 Å². The van der Waals surface area contributed by atoms with E-state index in [1.165, 1.54) is 6.07 Å². The van der Waals surface area contributed by atoms with Crippen LogP contribution in [0, 0.1) is 5.82 Å². The lowest BCUT2D eigenvalue weighted by atomic mass is 10.0. The number of halogens is 1. The molecule has 0 amide bonds. The summed E-state index contributed by atoms with van der Waals surface area (Å²) < 4.78 is 24.5. The van der Waals surface area contributed by atoms with Crippen LogP contribution in [0.4, 0.5) is 16.1 Å². The van der Waals surface area contributed by atoms with Crippen molar-refractivity contribution in [2.45, 2.75) is 18.9 Å². The van der Waals surface area contributed by atoms with E-state index in [1.54, 1.807) is 19.2 Å². The zero-order valence-corrected chi connectivity index (χ0v) is 15.1. The minimum absolute atomic E-state index is 0.221. The molecule has 7 heteroatoms. The van der Waals surface area contributed by atoms with Gasteiger partial charge in [0.05, 0.1) is 12.8 Å². The smallest absolute Gasteiger partial charge is 0.324 e. The fourth-order valence-electron chi connectivity index (χ4n) is 3.24. The topological polar surface area (TPSA) is 63.4 Å². The Morgan fingerprint density at radius 1 is 1.15 bits per heavy atom. The van der Waals surface area contributed by atoms with E-state index in [0.717, 1.165) is 37.2 Å². The summed E-state index contributed by atoms with van der Waals surface area (Å²) in [6.45, 7) is 1.54. The number of hydrogen-bond acceptors (Lipinski definition) is 6. The summed E-state index contributed by atoms with van der Waals surface area (Å²) in [5.41, 5.74) is 1.40. The maximum atomic E-state index is 13.8. The second-order valence-corrected chi connectivity index (χ2v) is 6.52. The molecular formula is C20H21FN4O2. The Kier molecular flexibility index (Phi) is 4.91. The van der Waals surface area contributed by atoms with Crippen LogP contribution in [0.5, 0.6) is 5.75 Å². The van der Waals surface area contributed by atoms with E-state index in [2.05, 4.69) is 20.4 Å². The molecule has 0 saturated carbocycles. The molecule has 1 N–H and O–H groups in total. The zero-order valence-electron chi connectivity index (χ0n) is 15.1. The van der Waals surface area contributed by atoms with E-state index < -0.39 is 0 Å². The lowest BCUT2D eigenvalue weighted by Crippen LogP contribution is -2.39. The average Bonchev–Trinajstić information content (AvgIpc) is 3.21.